The summed E-state index contributed by atoms with van der Waals surface area (Å²) >= 11 is 0. The molecule has 0 saturated heterocycles. The van der Waals surface area contributed by atoms with Gasteiger partial charge in [0.25, 0.3) is 0 Å². The van der Waals surface area contributed by atoms with Gasteiger partial charge in [-0.2, -0.15) is 0 Å². The molecule has 0 aliphatic rings. The number of hydrogen-bond donors (Lipinski definition) is 0. The van der Waals surface area contributed by atoms with E-state index in [-0.39, 0.29) is 12.4 Å². The third kappa shape index (κ3) is 14.6. The molecule has 24 heavy (non-hydrogen) atoms. The highest BCUT2D eigenvalue weighted by molar-refractivity contribution is 4.50. The summed E-state index contributed by atoms with van der Waals surface area (Å²) in [5.41, 5.74) is 0. The molecule has 0 aliphatic heterocycles. The molecule has 0 N–H and O–H groups in total. The number of unbranched alkanes of at least 4 members (excludes halogenated alkanes) is 12. The summed E-state index contributed by atoms with van der Waals surface area (Å²) in [6.45, 7) is 14.9. The van der Waals surface area contributed by atoms with Crippen molar-refractivity contribution in [1.29, 1.82) is 0 Å². The number of rotatable bonds is 18. The minimum Gasteiger partial charge on any atom is -1.00 e. The topological polar surface area (TPSA) is 0 Å². The van der Waals surface area contributed by atoms with Crippen LogP contribution in [0.15, 0.2) is 0 Å². The smallest absolute Gasteiger partial charge is 0.0786 e. The van der Waals surface area contributed by atoms with Crippen LogP contribution in [0.2, 0.25) is 0 Å². The standard InChI is InChI=1S/C22H48N.ClH/c1-5-9-11-13-15-16-18-20-22-23(7-3,8-4)21-19-17-14-12-10-6-2;/h5-22H2,1-4H3;1H/q+1;/p-1. The van der Waals surface area contributed by atoms with Crippen molar-refractivity contribution < 1.29 is 16.9 Å². The van der Waals surface area contributed by atoms with Gasteiger partial charge in [-0.3, -0.25) is 0 Å². The lowest BCUT2D eigenvalue weighted by molar-refractivity contribution is -0.925. The molecule has 0 aliphatic carbocycles. The second-order valence-corrected chi connectivity index (χ2v) is 7.66. The van der Waals surface area contributed by atoms with Gasteiger partial charge in [0.1, 0.15) is 0 Å². The van der Waals surface area contributed by atoms with Crippen molar-refractivity contribution in [2.45, 2.75) is 118 Å². The summed E-state index contributed by atoms with van der Waals surface area (Å²) in [5.74, 6) is 0. The molecule has 0 aromatic heterocycles. The van der Waals surface area contributed by atoms with Crippen molar-refractivity contribution >= 4 is 0 Å². The Labute approximate surface area is 161 Å². The highest BCUT2D eigenvalue weighted by atomic mass is 35.5. The number of nitrogens with zero attached hydrogens (tertiary/aromatic N) is 1. The molecule has 2 heteroatoms. The summed E-state index contributed by atoms with van der Waals surface area (Å²) in [7, 11) is 0. The summed E-state index contributed by atoms with van der Waals surface area (Å²) < 4.78 is 1.38. The minimum absolute atomic E-state index is 0. The van der Waals surface area contributed by atoms with Gasteiger partial charge in [-0.25, -0.2) is 0 Å². The highest BCUT2D eigenvalue weighted by Crippen LogP contribution is 2.15. The summed E-state index contributed by atoms with van der Waals surface area (Å²) in [6, 6.07) is 0. The van der Waals surface area contributed by atoms with Gasteiger partial charge in [0, 0.05) is 0 Å². The molecule has 0 amide bonds. The van der Waals surface area contributed by atoms with Gasteiger partial charge in [0.15, 0.2) is 0 Å². The lowest BCUT2D eigenvalue weighted by Gasteiger charge is -2.37. The van der Waals surface area contributed by atoms with Gasteiger partial charge in [0.05, 0.1) is 26.2 Å². The van der Waals surface area contributed by atoms with E-state index in [2.05, 4.69) is 27.7 Å². The van der Waals surface area contributed by atoms with E-state index in [0.717, 1.165) is 0 Å². The van der Waals surface area contributed by atoms with Crippen LogP contribution in [0.3, 0.4) is 0 Å². The van der Waals surface area contributed by atoms with E-state index in [9.17, 15) is 0 Å². The zero-order valence-corrected chi connectivity index (χ0v) is 18.3. The predicted octanol–water partition coefficient (Wildman–Crippen LogP) is 4.35. The Balaban J connectivity index is 0. The molecule has 0 aromatic rings. The molecule has 0 heterocycles. The molecule has 0 atom stereocenters. The quantitative estimate of drug-likeness (QED) is 0.251. The van der Waals surface area contributed by atoms with E-state index >= 15 is 0 Å². The van der Waals surface area contributed by atoms with Crippen molar-refractivity contribution in [2.24, 2.45) is 0 Å². The Morgan fingerprint density at radius 2 is 0.708 bits per heavy atom. The van der Waals surface area contributed by atoms with E-state index in [1.165, 1.54) is 121 Å². The van der Waals surface area contributed by atoms with Crippen LogP contribution in [0.1, 0.15) is 118 Å². The molecular formula is C22H48ClN. The van der Waals surface area contributed by atoms with Gasteiger partial charge in [-0.15, -0.1) is 0 Å². The third-order valence-electron chi connectivity index (χ3n) is 5.81. The van der Waals surface area contributed by atoms with E-state index in [0.29, 0.717) is 0 Å². The zero-order valence-electron chi connectivity index (χ0n) is 17.6. The number of hydrogen-bond acceptors (Lipinski definition) is 0. The van der Waals surface area contributed by atoms with E-state index < -0.39 is 0 Å². The fraction of sp³-hybridized carbons (Fsp3) is 1.00. The zero-order chi connectivity index (χ0) is 17.2. The van der Waals surface area contributed by atoms with Crippen LogP contribution < -0.4 is 12.4 Å². The van der Waals surface area contributed by atoms with Crippen LogP contribution in [-0.4, -0.2) is 30.7 Å². The van der Waals surface area contributed by atoms with Crippen LogP contribution in [0, 0.1) is 0 Å². The second-order valence-electron chi connectivity index (χ2n) is 7.66. The average Bonchev–Trinajstić information content (AvgIpc) is 2.58. The van der Waals surface area contributed by atoms with Crippen LogP contribution >= 0.6 is 0 Å². The van der Waals surface area contributed by atoms with Crippen LogP contribution in [0.25, 0.3) is 0 Å². The Kier molecular flexibility index (Phi) is 21.6. The van der Waals surface area contributed by atoms with Gasteiger partial charge in [-0.05, 0) is 39.5 Å². The first-order valence-corrected chi connectivity index (χ1v) is 11.1. The van der Waals surface area contributed by atoms with Gasteiger partial charge >= 0.3 is 0 Å². The minimum atomic E-state index is 0. The predicted molar refractivity (Wildman–Crippen MR) is 107 cm³/mol. The molecule has 0 radical (unpaired) electrons. The molecule has 0 rings (SSSR count). The van der Waals surface area contributed by atoms with E-state index in [4.69, 9.17) is 0 Å². The van der Waals surface area contributed by atoms with Crippen molar-refractivity contribution in [1.82, 2.24) is 0 Å². The fourth-order valence-corrected chi connectivity index (χ4v) is 3.78. The lowest BCUT2D eigenvalue weighted by atomic mass is 10.1. The van der Waals surface area contributed by atoms with E-state index in [1.54, 1.807) is 0 Å². The monoisotopic (exact) mass is 361 g/mol. The maximum Gasteiger partial charge on any atom is 0.0786 e. The van der Waals surface area contributed by atoms with Gasteiger partial charge < -0.3 is 16.9 Å². The molecule has 0 saturated carbocycles. The average molecular weight is 362 g/mol. The Morgan fingerprint density at radius 3 is 1.00 bits per heavy atom. The molecule has 0 unspecified atom stereocenters. The van der Waals surface area contributed by atoms with Crippen molar-refractivity contribution in [3.63, 3.8) is 0 Å². The van der Waals surface area contributed by atoms with Gasteiger partial charge in [0.2, 0.25) is 0 Å². The molecule has 0 bridgehead atoms. The van der Waals surface area contributed by atoms with Crippen molar-refractivity contribution in [2.75, 3.05) is 26.2 Å². The second kappa shape index (κ2) is 19.6. The van der Waals surface area contributed by atoms with Crippen LogP contribution in [-0.2, 0) is 0 Å². The maximum atomic E-state index is 2.41. The Morgan fingerprint density at radius 1 is 0.417 bits per heavy atom. The fourth-order valence-electron chi connectivity index (χ4n) is 3.78. The molecule has 0 aromatic carbocycles. The highest BCUT2D eigenvalue weighted by Gasteiger charge is 2.21. The SMILES string of the molecule is CCCCCCCCCC[N+](CC)(CC)CCCCCCCC.[Cl-]. The lowest BCUT2D eigenvalue weighted by Crippen LogP contribution is -3.00. The largest absolute Gasteiger partial charge is 1.00 e. The first kappa shape index (κ1) is 26.5. The first-order chi connectivity index (χ1) is 11.2. The summed E-state index contributed by atoms with van der Waals surface area (Å²) in [4.78, 5) is 0. The number of halogens is 1. The normalized spacial score (nSPS) is 11.5. The van der Waals surface area contributed by atoms with Crippen molar-refractivity contribution in [3.05, 3.63) is 0 Å². The molecule has 0 fully saturated rings. The molecule has 1 nitrogen and oxygen atoms in total. The maximum absolute atomic E-state index is 2.41. The Bertz CT molecular complexity index is 226. The first-order valence-electron chi connectivity index (χ1n) is 11.1. The van der Waals surface area contributed by atoms with E-state index in [1.807, 2.05) is 0 Å². The number of quaternary nitrogens is 1. The molecule has 0 spiro atoms. The molecule has 148 valence electrons. The van der Waals surface area contributed by atoms with Crippen molar-refractivity contribution in [3.8, 4) is 0 Å². The van der Waals surface area contributed by atoms with Crippen LogP contribution in [0.5, 0.6) is 0 Å². The summed E-state index contributed by atoms with van der Waals surface area (Å²) in [6.07, 6.45) is 20.2. The third-order valence-corrected chi connectivity index (χ3v) is 5.81. The Hall–Kier alpha value is 0.250. The molecular weight excluding hydrogens is 314 g/mol. The summed E-state index contributed by atoms with van der Waals surface area (Å²) in [5, 5.41) is 0. The van der Waals surface area contributed by atoms with Gasteiger partial charge in [-0.1, -0.05) is 78.1 Å². The van der Waals surface area contributed by atoms with Crippen LogP contribution in [0.4, 0.5) is 0 Å².